The van der Waals surface area contributed by atoms with Crippen molar-refractivity contribution in [3.05, 3.63) is 57.1 Å². The molecule has 2 atom stereocenters. The monoisotopic (exact) mass is 510 g/mol. The molecule has 2 aromatic rings. The number of ether oxygens (including phenoxy) is 1. The van der Waals surface area contributed by atoms with Crippen LogP contribution in [0.2, 0.25) is 0 Å². The van der Waals surface area contributed by atoms with E-state index in [4.69, 9.17) is 9.15 Å². The van der Waals surface area contributed by atoms with Gasteiger partial charge in [0.2, 0.25) is 5.91 Å². The molecule has 2 aliphatic carbocycles. The lowest BCUT2D eigenvalue weighted by Crippen LogP contribution is -2.43. The van der Waals surface area contributed by atoms with Crippen molar-refractivity contribution >= 4 is 17.7 Å². The first-order valence-corrected chi connectivity index (χ1v) is 13.3. The molecule has 1 aromatic heterocycles. The molecular formula is C29H38N2O6. The molecule has 1 heterocycles. The van der Waals surface area contributed by atoms with Gasteiger partial charge < -0.3 is 24.9 Å². The second kappa shape index (κ2) is 11.0. The van der Waals surface area contributed by atoms with Crippen LogP contribution in [0.3, 0.4) is 0 Å². The molecule has 2 aliphatic rings. The lowest BCUT2D eigenvalue weighted by molar-refractivity contribution is -0.117. The number of hydrogen-bond donors (Lipinski definition) is 3. The number of nitrogens with one attached hydrogen (secondary N) is 2. The molecule has 0 spiro atoms. The van der Waals surface area contributed by atoms with Gasteiger partial charge in [-0.25, -0.2) is 9.59 Å². The number of benzene rings is 1. The van der Waals surface area contributed by atoms with Crippen LogP contribution in [0.15, 0.2) is 33.5 Å². The van der Waals surface area contributed by atoms with E-state index in [9.17, 15) is 19.5 Å². The summed E-state index contributed by atoms with van der Waals surface area (Å²) in [5.41, 5.74) is 1.33. The summed E-state index contributed by atoms with van der Waals surface area (Å²) in [5.74, 6) is 0.206. The molecule has 1 fully saturated rings. The minimum atomic E-state index is -0.817. The molecule has 37 heavy (non-hydrogen) atoms. The van der Waals surface area contributed by atoms with Gasteiger partial charge >= 0.3 is 11.7 Å². The maximum Gasteiger partial charge on any atom is 0.408 e. The van der Waals surface area contributed by atoms with E-state index in [0.29, 0.717) is 29.9 Å². The smallest absolute Gasteiger partial charge is 0.408 e. The second-order valence-electron chi connectivity index (χ2n) is 11.3. The molecule has 1 saturated carbocycles. The molecule has 3 N–H and O–H groups in total. The van der Waals surface area contributed by atoms with Gasteiger partial charge in [0.15, 0.2) is 0 Å². The Bertz CT molecular complexity index is 1210. The van der Waals surface area contributed by atoms with E-state index in [1.807, 2.05) is 18.2 Å². The zero-order chi connectivity index (χ0) is 26.7. The van der Waals surface area contributed by atoms with Crippen molar-refractivity contribution < 1.29 is 23.8 Å². The first kappa shape index (κ1) is 26.8. The highest BCUT2D eigenvalue weighted by atomic mass is 16.6. The fraction of sp³-hybridized carbons (Fsp3) is 0.552. The third kappa shape index (κ3) is 6.73. The van der Waals surface area contributed by atoms with Crippen LogP contribution in [0, 0.1) is 5.92 Å². The number of amides is 2. The van der Waals surface area contributed by atoms with Crippen molar-refractivity contribution in [2.45, 2.75) is 96.6 Å². The van der Waals surface area contributed by atoms with Crippen molar-refractivity contribution in [2.24, 2.45) is 5.92 Å². The van der Waals surface area contributed by atoms with Crippen LogP contribution in [0.25, 0.3) is 0 Å². The van der Waals surface area contributed by atoms with Gasteiger partial charge in [-0.2, -0.15) is 0 Å². The van der Waals surface area contributed by atoms with Crippen molar-refractivity contribution in [1.82, 2.24) is 5.32 Å². The molecule has 200 valence electrons. The Balaban J connectivity index is 1.57. The summed E-state index contributed by atoms with van der Waals surface area (Å²) in [6.45, 7) is 6.84. The van der Waals surface area contributed by atoms with Gasteiger partial charge in [0.05, 0.1) is 5.56 Å². The fourth-order valence-corrected chi connectivity index (χ4v) is 5.01. The molecule has 8 nitrogen and oxygen atoms in total. The van der Waals surface area contributed by atoms with E-state index < -0.39 is 29.3 Å². The standard InChI is InChI=1S/C29H38N2O6/c1-17(30-28(35)37-29(2,3)4)26(33)31-20-11-9-10-19(16-20)23(18-14-15-18)24-25(32)21-12-7-5-6-8-13-22(21)36-27(24)34/h9-11,16-18,23,32H,5-8,12-15H2,1-4H3,(H,30,35)(H,31,33)/t17-,23?/m1/s1. The van der Waals surface area contributed by atoms with Crippen LogP contribution >= 0.6 is 0 Å². The average Bonchev–Trinajstić information content (AvgIpc) is 3.62. The summed E-state index contributed by atoms with van der Waals surface area (Å²) in [6, 6.07) is 6.50. The van der Waals surface area contributed by atoms with Crippen LogP contribution in [0.1, 0.15) is 94.6 Å². The third-order valence-electron chi connectivity index (χ3n) is 6.94. The molecular weight excluding hydrogens is 472 g/mol. The number of carbonyl (C=O) groups excluding carboxylic acids is 2. The van der Waals surface area contributed by atoms with Gasteiger partial charge in [0.25, 0.3) is 0 Å². The first-order valence-electron chi connectivity index (χ1n) is 13.3. The van der Waals surface area contributed by atoms with Gasteiger partial charge in [-0.05, 0) is 83.4 Å². The Morgan fingerprint density at radius 1 is 1.11 bits per heavy atom. The van der Waals surface area contributed by atoms with Crippen molar-refractivity contribution in [2.75, 3.05) is 5.32 Å². The number of anilines is 1. The van der Waals surface area contributed by atoms with E-state index in [-0.39, 0.29) is 17.6 Å². The Hall–Kier alpha value is -3.29. The first-order chi connectivity index (χ1) is 17.5. The number of rotatable bonds is 6. The van der Waals surface area contributed by atoms with E-state index in [1.54, 1.807) is 33.8 Å². The minimum absolute atomic E-state index is 0.0784. The molecule has 4 rings (SSSR count). The molecule has 1 aromatic carbocycles. The summed E-state index contributed by atoms with van der Waals surface area (Å²) >= 11 is 0. The number of aromatic hydroxyl groups is 1. The number of alkyl carbamates (subject to hydrolysis) is 1. The summed E-state index contributed by atoms with van der Waals surface area (Å²) in [6.07, 6.45) is 6.71. The largest absolute Gasteiger partial charge is 0.507 e. The highest BCUT2D eigenvalue weighted by Gasteiger charge is 2.38. The Morgan fingerprint density at radius 2 is 1.81 bits per heavy atom. The number of carbonyl (C=O) groups is 2. The number of hydrogen-bond acceptors (Lipinski definition) is 6. The van der Waals surface area contributed by atoms with Crippen LogP contribution in [-0.4, -0.2) is 28.7 Å². The predicted molar refractivity (Wildman–Crippen MR) is 141 cm³/mol. The molecule has 8 heteroatoms. The SMILES string of the molecule is C[C@@H](NC(=O)OC(C)(C)C)C(=O)Nc1cccc(C(c2c(O)c3c(oc2=O)CCCCCC3)C2CC2)c1. The zero-order valence-electron chi connectivity index (χ0n) is 22.2. The molecule has 0 aliphatic heterocycles. The lowest BCUT2D eigenvalue weighted by atomic mass is 9.85. The summed E-state index contributed by atoms with van der Waals surface area (Å²) in [5, 5.41) is 16.7. The highest BCUT2D eigenvalue weighted by Crippen LogP contribution is 2.49. The zero-order valence-corrected chi connectivity index (χ0v) is 22.2. The maximum absolute atomic E-state index is 13.2. The van der Waals surface area contributed by atoms with Crippen LogP contribution < -0.4 is 16.3 Å². The normalized spacial score (nSPS) is 17.5. The predicted octanol–water partition coefficient (Wildman–Crippen LogP) is 5.40. The van der Waals surface area contributed by atoms with E-state index >= 15 is 0 Å². The van der Waals surface area contributed by atoms with Crippen molar-refractivity contribution in [3.63, 3.8) is 0 Å². The van der Waals surface area contributed by atoms with Crippen LogP contribution in [0.4, 0.5) is 10.5 Å². The highest BCUT2D eigenvalue weighted by molar-refractivity contribution is 5.96. The number of fused-ring (bicyclic) bond motifs is 1. The Kier molecular flexibility index (Phi) is 7.95. The van der Waals surface area contributed by atoms with Crippen LogP contribution in [-0.2, 0) is 22.4 Å². The summed E-state index contributed by atoms with van der Waals surface area (Å²) in [7, 11) is 0. The van der Waals surface area contributed by atoms with Gasteiger partial charge in [-0.3, -0.25) is 4.79 Å². The van der Waals surface area contributed by atoms with Gasteiger partial charge in [-0.15, -0.1) is 0 Å². The van der Waals surface area contributed by atoms with Crippen molar-refractivity contribution in [1.29, 1.82) is 0 Å². The Morgan fingerprint density at radius 3 is 2.49 bits per heavy atom. The van der Waals surface area contributed by atoms with Crippen molar-refractivity contribution in [3.8, 4) is 5.75 Å². The van der Waals surface area contributed by atoms with E-state index in [2.05, 4.69) is 10.6 Å². The topological polar surface area (TPSA) is 118 Å². The Labute approximate surface area is 217 Å². The molecule has 0 saturated heterocycles. The molecule has 0 bridgehead atoms. The van der Waals surface area contributed by atoms with E-state index in [1.165, 1.54) is 0 Å². The quantitative estimate of drug-likeness (QED) is 0.479. The average molecular weight is 511 g/mol. The lowest BCUT2D eigenvalue weighted by Gasteiger charge is -2.22. The number of aryl methyl sites for hydroxylation is 1. The molecule has 1 unspecified atom stereocenters. The van der Waals surface area contributed by atoms with Gasteiger partial charge in [-0.1, -0.05) is 25.0 Å². The fourth-order valence-electron chi connectivity index (χ4n) is 5.01. The molecule has 0 radical (unpaired) electrons. The third-order valence-corrected chi connectivity index (χ3v) is 6.94. The minimum Gasteiger partial charge on any atom is -0.507 e. The molecule has 2 amide bonds. The van der Waals surface area contributed by atoms with Crippen LogP contribution in [0.5, 0.6) is 5.75 Å². The second-order valence-corrected chi connectivity index (χ2v) is 11.3. The van der Waals surface area contributed by atoms with Gasteiger partial charge in [0, 0.05) is 23.6 Å². The summed E-state index contributed by atoms with van der Waals surface area (Å²) in [4.78, 5) is 38.0. The summed E-state index contributed by atoms with van der Waals surface area (Å²) < 4.78 is 11.0. The van der Waals surface area contributed by atoms with E-state index in [0.717, 1.165) is 49.7 Å². The van der Waals surface area contributed by atoms with Gasteiger partial charge in [0.1, 0.15) is 23.2 Å². The maximum atomic E-state index is 13.2.